The van der Waals surface area contributed by atoms with Gasteiger partial charge in [0.05, 0.1) is 15.9 Å². The van der Waals surface area contributed by atoms with E-state index in [4.69, 9.17) is 0 Å². The van der Waals surface area contributed by atoms with E-state index in [2.05, 4.69) is 15.2 Å². The summed E-state index contributed by atoms with van der Waals surface area (Å²) in [5.41, 5.74) is -0.289. The molecule has 0 unspecified atom stereocenters. The quantitative estimate of drug-likeness (QED) is 0.680. The van der Waals surface area contributed by atoms with Crippen LogP contribution in [0.5, 0.6) is 0 Å². The number of aromatic nitrogens is 3. The van der Waals surface area contributed by atoms with E-state index in [1.165, 1.54) is 12.1 Å². The Morgan fingerprint density at radius 2 is 2.33 bits per heavy atom. The molecule has 0 amide bonds. The number of halogens is 1. The number of H-pyrrole nitrogens is 1. The molecule has 0 spiro atoms. The molecule has 1 aromatic carbocycles. The second-order valence-corrected chi connectivity index (χ2v) is 4.40. The molecule has 1 aromatic heterocycles. The zero-order valence-corrected chi connectivity index (χ0v) is 10.2. The first-order chi connectivity index (χ1) is 8.60. The number of aryl methyl sites for hydroxylation is 1. The predicted octanol–water partition coefficient (Wildman–Crippen LogP) is 2.57. The van der Waals surface area contributed by atoms with E-state index in [9.17, 15) is 14.5 Å². The molecule has 2 rings (SSSR count). The van der Waals surface area contributed by atoms with Gasteiger partial charge in [-0.3, -0.25) is 15.2 Å². The summed E-state index contributed by atoms with van der Waals surface area (Å²) in [4.78, 5) is 14.6. The predicted molar refractivity (Wildman–Crippen MR) is 62.9 cm³/mol. The van der Waals surface area contributed by atoms with Crippen LogP contribution in [0, 0.1) is 15.9 Å². The highest BCUT2D eigenvalue weighted by Crippen LogP contribution is 2.33. The summed E-state index contributed by atoms with van der Waals surface area (Å²) in [5.74, 6) is 0.0533. The lowest BCUT2D eigenvalue weighted by Crippen LogP contribution is -1.92. The van der Waals surface area contributed by atoms with Crippen LogP contribution in [0.1, 0.15) is 12.7 Å². The van der Waals surface area contributed by atoms with E-state index in [0.717, 1.165) is 17.8 Å². The van der Waals surface area contributed by atoms with Gasteiger partial charge in [0.2, 0.25) is 5.16 Å². The van der Waals surface area contributed by atoms with Crippen LogP contribution in [0.15, 0.2) is 28.3 Å². The highest BCUT2D eigenvalue weighted by molar-refractivity contribution is 7.99. The van der Waals surface area contributed by atoms with Gasteiger partial charge < -0.3 is 0 Å². The number of nitrogens with zero attached hydrogens (tertiary/aromatic N) is 3. The molecule has 18 heavy (non-hydrogen) atoms. The van der Waals surface area contributed by atoms with Gasteiger partial charge in [-0.15, -0.1) is 5.10 Å². The third-order valence-corrected chi connectivity index (χ3v) is 3.10. The van der Waals surface area contributed by atoms with Gasteiger partial charge in [0.1, 0.15) is 11.6 Å². The molecule has 6 nitrogen and oxygen atoms in total. The molecule has 0 aliphatic rings. The maximum absolute atomic E-state index is 13.0. The lowest BCUT2D eigenvalue weighted by molar-refractivity contribution is -0.387. The van der Waals surface area contributed by atoms with Gasteiger partial charge in [-0.2, -0.15) is 0 Å². The topological polar surface area (TPSA) is 84.7 Å². The van der Waals surface area contributed by atoms with Gasteiger partial charge in [-0.1, -0.05) is 6.92 Å². The minimum absolute atomic E-state index is 0.289. The number of nitro benzene ring substituents is 1. The molecule has 2 aromatic rings. The minimum Gasteiger partial charge on any atom is -0.262 e. The largest absolute Gasteiger partial charge is 0.286 e. The van der Waals surface area contributed by atoms with E-state index < -0.39 is 10.7 Å². The fourth-order valence-corrected chi connectivity index (χ4v) is 2.12. The average Bonchev–Trinajstić information content (AvgIpc) is 2.79. The van der Waals surface area contributed by atoms with E-state index >= 15 is 0 Å². The Balaban J connectivity index is 2.30. The van der Waals surface area contributed by atoms with Gasteiger partial charge >= 0.3 is 0 Å². The van der Waals surface area contributed by atoms with Crippen molar-refractivity contribution in [3.05, 3.63) is 40.0 Å². The van der Waals surface area contributed by atoms with E-state index in [1.807, 2.05) is 6.92 Å². The van der Waals surface area contributed by atoms with Gasteiger partial charge in [0.25, 0.3) is 5.69 Å². The second kappa shape index (κ2) is 5.13. The normalized spacial score (nSPS) is 10.6. The van der Waals surface area contributed by atoms with Crippen LogP contribution in [-0.4, -0.2) is 20.1 Å². The number of nitro groups is 1. The highest BCUT2D eigenvalue weighted by Gasteiger charge is 2.17. The minimum atomic E-state index is -0.643. The number of nitrogens with one attached hydrogen (secondary N) is 1. The number of hydrogen-bond acceptors (Lipinski definition) is 5. The Kier molecular flexibility index (Phi) is 3.56. The average molecular weight is 268 g/mol. The van der Waals surface area contributed by atoms with Crippen molar-refractivity contribution in [3.8, 4) is 0 Å². The molecule has 0 fully saturated rings. The van der Waals surface area contributed by atoms with Crippen LogP contribution in [0.3, 0.4) is 0 Å². The lowest BCUT2D eigenvalue weighted by atomic mass is 10.3. The first-order valence-electron chi connectivity index (χ1n) is 5.13. The van der Waals surface area contributed by atoms with E-state index in [1.54, 1.807) is 0 Å². The van der Waals surface area contributed by atoms with Crippen molar-refractivity contribution in [3.63, 3.8) is 0 Å². The Hall–Kier alpha value is -1.96. The van der Waals surface area contributed by atoms with Crippen molar-refractivity contribution in [1.29, 1.82) is 0 Å². The maximum Gasteiger partial charge on any atom is 0.286 e. The Bertz CT molecular complexity index is 587. The summed E-state index contributed by atoms with van der Waals surface area (Å²) >= 11 is 1.03. The summed E-state index contributed by atoms with van der Waals surface area (Å²) in [6.07, 6.45) is 0.694. The molecule has 1 N–H and O–H groups in total. The Morgan fingerprint density at radius 3 is 2.94 bits per heavy atom. The van der Waals surface area contributed by atoms with Crippen molar-refractivity contribution in [2.24, 2.45) is 0 Å². The molecule has 1 heterocycles. The molecule has 0 radical (unpaired) electrons. The first-order valence-corrected chi connectivity index (χ1v) is 5.95. The third kappa shape index (κ3) is 2.65. The first kappa shape index (κ1) is 12.5. The molecule has 8 heteroatoms. The molecule has 0 atom stereocenters. The van der Waals surface area contributed by atoms with Crippen molar-refractivity contribution < 1.29 is 9.31 Å². The lowest BCUT2D eigenvalue weighted by Gasteiger charge is -1.99. The van der Waals surface area contributed by atoms with Crippen LogP contribution in [0.25, 0.3) is 0 Å². The SMILES string of the molecule is CCc1nc(Sc2ccc(F)cc2[N+](=O)[O-])n[nH]1. The van der Waals surface area contributed by atoms with Gasteiger partial charge in [0.15, 0.2) is 0 Å². The Morgan fingerprint density at radius 1 is 1.56 bits per heavy atom. The maximum atomic E-state index is 13.0. The van der Waals surface area contributed by atoms with Crippen LogP contribution in [0.2, 0.25) is 0 Å². The smallest absolute Gasteiger partial charge is 0.262 e. The van der Waals surface area contributed by atoms with E-state index in [0.29, 0.717) is 22.3 Å². The van der Waals surface area contributed by atoms with Crippen LogP contribution >= 0.6 is 11.8 Å². The van der Waals surface area contributed by atoms with Crippen LogP contribution in [-0.2, 0) is 6.42 Å². The number of rotatable bonds is 4. The van der Waals surface area contributed by atoms with Crippen molar-refractivity contribution in [2.45, 2.75) is 23.4 Å². The summed E-state index contributed by atoms with van der Waals surface area (Å²) in [6, 6.07) is 3.40. The third-order valence-electron chi connectivity index (χ3n) is 2.17. The fraction of sp³-hybridized carbons (Fsp3) is 0.200. The molecule has 0 saturated carbocycles. The van der Waals surface area contributed by atoms with Crippen molar-refractivity contribution in [1.82, 2.24) is 15.2 Å². The number of benzene rings is 1. The molecule has 0 bridgehead atoms. The summed E-state index contributed by atoms with van der Waals surface area (Å²) in [5, 5.41) is 17.8. The van der Waals surface area contributed by atoms with Gasteiger partial charge in [-0.05, 0) is 23.9 Å². The molecular formula is C10H9FN4O2S. The van der Waals surface area contributed by atoms with Gasteiger partial charge in [-0.25, -0.2) is 9.37 Å². The highest BCUT2D eigenvalue weighted by atomic mass is 32.2. The second-order valence-electron chi connectivity index (χ2n) is 3.39. The van der Waals surface area contributed by atoms with Crippen LogP contribution in [0.4, 0.5) is 10.1 Å². The molecule has 94 valence electrons. The van der Waals surface area contributed by atoms with Crippen molar-refractivity contribution >= 4 is 17.4 Å². The van der Waals surface area contributed by atoms with Crippen molar-refractivity contribution in [2.75, 3.05) is 0 Å². The zero-order chi connectivity index (χ0) is 13.1. The number of hydrogen-bond donors (Lipinski definition) is 1. The molecule has 0 aliphatic carbocycles. The van der Waals surface area contributed by atoms with E-state index in [-0.39, 0.29) is 5.69 Å². The monoisotopic (exact) mass is 268 g/mol. The molecular weight excluding hydrogens is 259 g/mol. The Labute approximate surface area is 106 Å². The summed E-state index contributed by atoms with van der Waals surface area (Å²) in [7, 11) is 0. The number of aromatic amines is 1. The van der Waals surface area contributed by atoms with Gasteiger partial charge in [0, 0.05) is 6.42 Å². The standard InChI is InChI=1S/C10H9FN4O2S/c1-2-9-12-10(14-13-9)18-8-4-3-6(11)5-7(8)15(16)17/h3-5H,2H2,1H3,(H,12,13,14). The molecule has 0 saturated heterocycles. The summed E-state index contributed by atoms with van der Waals surface area (Å²) in [6.45, 7) is 1.91. The van der Waals surface area contributed by atoms with Crippen LogP contribution < -0.4 is 0 Å². The summed E-state index contributed by atoms with van der Waals surface area (Å²) < 4.78 is 13.0. The zero-order valence-electron chi connectivity index (χ0n) is 9.38. The molecule has 0 aliphatic heterocycles. The fourth-order valence-electron chi connectivity index (χ4n) is 1.30.